The highest BCUT2D eigenvalue weighted by Gasteiger charge is 2.22. The Hall–Kier alpha value is -4.36. The van der Waals surface area contributed by atoms with Gasteiger partial charge in [0, 0.05) is 22.3 Å². The van der Waals surface area contributed by atoms with Crippen LogP contribution in [0.15, 0.2) is 87.1 Å². The Morgan fingerprint density at radius 1 is 1.00 bits per heavy atom. The third-order valence-corrected chi connectivity index (χ3v) is 7.71. The van der Waals surface area contributed by atoms with Crippen molar-refractivity contribution in [2.75, 3.05) is 17.6 Å². The average Bonchev–Trinajstić information content (AvgIpc) is 2.89. The summed E-state index contributed by atoms with van der Waals surface area (Å²) in [6.45, 7) is 0. The summed E-state index contributed by atoms with van der Waals surface area (Å²) in [4.78, 5) is 21.2. The Morgan fingerprint density at radius 3 is 2.44 bits per heavy atom. The number of hydrogen-bond acceptors (Lipinski definition) is 7. The van der Waals surface area contributed by atoms with Crippen molar-refractivity contribution in [1.82, 2.24) is 14.5 Å². The number of benzene rings is 3. The van der Waals surface area contributed by atoms with Gasteiger partial charge in [0.2, 0.25) is 11.8 Å². The summed E-state index contributed by atoms with van der Waals surface area (Å²) < 4.78 is 62.8. The van der Waals surface area contributed by atoms with Gasteiger partial charge < -0.3 is 10.5 Å². The Labute approximate surface area is 229 Å². The Kier molecular flexibility index (Phi) is 6.78. The van der Waals surface area contributed by atoms with Gasteiger partial charge in [-0.25, -0.2) is 31.7 Å². The number of sulfonamides is 1. The van der Waals surface area contributed by atoms with Gasteiger partial charge in [0.25, 0.3) is 15.6 Å². The number of aromatic nitrogens is 3. The van der Waals surface area contributed by atoms with Gasteiger partial charge in [0.1, 0.15) is 22.2 Å². The van der Waals surface area contributed by atoms with Gasteiger partial charge in [-0.3, -0.25) is 9.52 Å². The fraction of sp³-hybridized carbons (Fsp3) is 0.0385. The van der Waals surface area contributed by atoms with E-state index < -0.39 is 32.1 Å². The molecule has 2 aromatic heterocycles. The second-order valence-corrected chi connectivity index (χ2v) is 10.8. The first-order valence-corrected chi connectivity index (χ1v) is 13.5. The van der Waals surface area contributed by atoms with Crippen LogP contribution in [0.1, 0.15) is 0 Å². The lowest BCUT2D eigenvalue weighted by atomic mass is 10.0. The van der Waals surface area contributed by atoms with Crippen molar-refractivity contribution in [1.29, 1.82) is 0 Å². The molecule has 0 bridgehead atoms. The zero-order valence-corrected chi connectivity index (χ0v) is 22.4. The van der Waals surface area contributed by atoms with Crippen molar-refractivity contribution >= 4 is 48.5 Å². The van der Waals surface area contributed by atoms with E-state index in [-0.39, 0.29) is 22.9 Å². The van der Waals surface area contributed by atoms with Crippen molar-refractivity contribution in [2.24, 2.45) is 0 Å². The minimum atomic E-state index is -4.47. The molecule has 0 amide bonds. The first kappa shape index (κ1) is 26.3. The minimum absolute atomic E-state index is 0.0124. The zero-order chi connectivity index (χ0) is 27.9. The summed E-state index contributed by atoms with van der Waals surface area (Å²) in [6, 6.07) is 15.4. The topological polar surface area (TPSA) is 129 Å². The predicted octanol–water partition coefficient (Wildman–Crippen LogP) is 4.88. The molecule has 198 valence electrons. The van der Waals surface area contributed by atoms with E-state index in [4.69, 9.17) is 10.5 Å². The molecule has 2 heterocycles. The van der Waals surface area contributed by atoms with Crippen LogP contribution in [0.3, 0.4) is 0 Å². The molecule has 0 aliphatic carbocycles. The lowest BCUT2D eigenvalue weighted by molar-refractivity contribution is 0.400. The first-order valence-electron chi connectivity index (χ1n) is 11.2. The number of hydrogen-bond donors (Lipinski definition) is 2. The third kappa shape index (κ3) is 5.05. The number of anilines is 2. The van der Waals surface area contributed by atoms with E-state index in [1.165, 1.54) is 23.9 Å². The molecule has 0 aliphatic rings. The fourth-order valence-electron chi connectivity index (χ4n) is 3.96. The number of halogens is 3. The average molecular weight is 614 g/mol. The molecular weight excluding hydrogens is 596 g/mol. The van der Waals surface area contributed by atoms with Crippen molar-refractivity contribution in [3.63, 3.8) is 0 Å². The van der Waals surface area contributed by atoms with Crippen LogP contribution in [0.25, 0.3) is 27.7 Å². The molecule has 0 aliphatic heterocycles. The molecular formula is C26H18BrF2N5O4S. The Morgan fingerprint density at radius 2 is 1.74 bits per heavy atom. The zero-order valence-electron chi connectivity index (χ0n) is 20.0. The molecule has 3 aromatic carbocycles. The van der Waals surface area contributed by atoms with Crippen LogP contribution < -0.4 is 20.8 Å². The first-order chi connectivity index (χ1) is 18.6. The van der Waals surface area contributed by atoms with Crippen molar-refractivity contribution in [3.8, 4) is 22.7 Å². The van der Waals surface area contributed by atoms with Crippen LogP contribution in [0.5, 0.6) is 5.88 Å². The van der Waals surface area contributed by atoms with E-state index in [1.54, 1.807) is 42.5 Å². The van der Waals surface area contributed by atoms with Gasteiger partial charge in [-0.1, -0.05) is 22.0 Å². The van der Waals surface area contributed by atoms with Gasteiger partial charge in [-0.2, -0.15) is 0 Å². The number of nitrogens with two attached hydrogens (primary N) is 1. The molecule has 39 heavy (non-hydrogen) atoms. The largest absolute Gasteiger partial charge is 0.480 e. The number of ether oxygens (including phenoxy) is 1. The lowest BCUT2D eigenvalue weighted by Crippen LogP contribution is -2.23. The molecule has 0 fully saturated rings. The Bertz CT molecular complexity index is 1920. The maximum absolute atomic E-state index is 14.2. The highest BCUT2D eigenvalue weighted by molar-refractivity contribution is 9.10. The number of fused-ring (bicyclic) bond motifs is 1. The molecule has 3 N–H and O–H groups in total. The predicted molar refractivity (Wildman–Crippen MR) is 146 cm³/mol. The molecule has 5 rings (SSSR count). The van der Waals surface area contributed by atoms with E-state index in [9.17, 15) is 22.0 Å². The number of nitrogen functional groups attached to an aromatic ring is 1. The quantitative estimate of drug-likeness (QED) is 0.279. The smallest absolute Gasteiger partial charge is 0.267 e. The number of nitrogens with zero attached hydrogens (tertiary/aromatic N) is 3. The van der Waals surface area contributed by atoms with Gasteiger partial charge in [0.15, 0.2) is 0 Å². The van der Waals surface area contributed by atoms with Crippen molar-refractivity contribution < 1.29 is 21.9 Å². The Balaban J connectivity index is 1.59. The van der Waals surface area contributed by atoms with E-state index in [0.29, 0.717) is 28.4 Å². The molecule has 9 nitrogen and oxygen atoms in total. The van der Waals surface area contributed by atoms with Crippen molar-refractivity contribution in [3.05, 3.63) is 99.4 Å². The highest BCUT2D eigenvalue weighted by atomic mass is 79.9. The number of nitrogens with one attached hydrogen (secondary N) is 1. The van der Waals surface area contributed by atoms with Gasteiger partial charge in [-0.05, 0) is 60.2 Å². The summed E-state index contributed by atoms with van der Waals surface area (Å²) >= 11 is 3.36. The molecule has 0 saturated carbocycles. The molecule has 0 spiro atoms. The van der Waals surface area contributed by atoms with E-state index in [0.717, 1.165) is 16.6 Å². The third-order valence-electron chi connectivity index (χ3n) is 5.78. The van der Waals surface area contributed by atoms with Crippen LogP contribution in [-0.2, 0) is 10.0 Å². The maximum Gasteiger partial charge on any atom is 0.267 e. The van der Waals surface area contributed by atoms with Crippen LogP contribution in [0.4, 0.5) is 20.4 Å². The second-order valence-electron chi connectivity index (χ2n) is 8.28. The van der Waals surface area contributed by atoms with Crippen LogP contribution >= 0.6 is 15.9 Å². The SMILES string of the molecule is COc1ncc(-c2ccc3nc(N)n(-c4ccc(Br)cc4)c(=O)c3c2)cc1NS(=O)(=O)c1ccc(F)cc1F. The molecule has 13 heteroatoms. The summed E-state index contributed by atoms with van der Waals surface area (Å²) in [5.41, 5.74) is 7.40. The minimum Gasteiger partial charge on any atom is -0.480 e. The maximum atomic E-state index is 14.2. The second kappa shape index (κ2) is 10.1. The highest BCUT2D eigenvalue weighted by Crippen LogP contribution is 2.31. The van der Waals surface area contributed by atoms with E-state index >= 15 is 0 Å². The van der Waals surface area contributed by atoms with Crippen LogP contribution in [0, 0.1) is 11.6 Å². The molecule has 0 atom stereocenters. The summed E-state index contributed by atoms with van der Waals surface area (Å²) in [5, 5.41) is 0.260. The van der Waals surface area contributed by atoms with E-state index in [1.807, 2.05) is 0 Å². The van der Waals surface area contributed by atoms with Crippen molar-refractivity contribution in [2.45, 2.75) is 4.90 Å². The van der Waals surface area contributed by atoms with Crippen LogP contribution in [0.2, 0.25) is 0 Å². The summed E-state index contributed by atoms with van der Waals surface area (Å²) in [5.74, 6) is -2.25. The molecule has 0 unspecified atom stereocenters. The monoisotopic (exact) mass is 613 g/mol. The van der Waals surface area contributed by atoms with E-state index in [2.05, 4.69) is 30.6 Å². The van der Waals surface area contributed by atoms with Gasteiger partial charge in [-0.15, -0.1) is 0 Å². The van der Waals surface area contributed by atoms with Gasteiger partial charge >= 0.3 is 0 Å². The van der Waals surface area contributed by atoms with Gasteiger partial charge in [0.05, 0.1) is 23.7 Å². The fourth-order valence-corrected chi connectivity index (χ4v) is 5.33. The lowest BCUT2D eigenvalue weighted by Gasteiger charge is -2.14. The number of methoxy groups -OCH3 is 1. The molecule has 5 aromatic rings. The van der Waals surface area contributed by atoms with Crippen LogP contribution in [-0.4, -0.2) is 30.1 Å². The molecule has 0 radical (unpaired) electrons. The number of pyridine rings is 1. The summed E-state index contributed by atoms with van der Waals surface area (Å²) in [6.07, 6.45) is 1.42. The summed E-state index contributed by atoms with van der Waals surface area (Å²) in [7, 11) is -3.18. The number of rotatable bonds is 6. The standard InChI is InChI=1S/C26H18BrF2N5O4S/c1-38-24-22(33-39(36,37)23-9-5-17(28)12-20(23)29)11-15(13-31-24)14-2-8-21-19(10-14)25(35)34(26(30)32-21)18-6-3-16(27)4-7-18/h2-13,33H,1H3,(H2,30,32). The molecule has 0 saturated heterocycles. The normalized spacial score (nSPS) is 11.5.